The Labute approximate surface area is 90.4 Å². The fourth-order valence-corrected chi connectivity index (χ4v) is 2.82. The molecule has 2 N–H and O–H groups in total. The van der Waals surface area contributed by atoms with E-state index in [0.29, 0.717) is 5.13 Å². The van der Waals surface area contributed by atoms with Crippen LogP contribution in [-0.2, 0) is 10.0 Å². The highest BCUT2D eigenvalue weighted by atomic mass is 32.2. The standard InChI is InChI=1S/C7H8N4O2S2/c1-5-4-14-7(9-5)11-15(12,13)6-2-3-8-10-6/h2-4H,1H3,(H,8,10)(H,9,11). The third-order valence-corrected chi connectivity index (χ3v) is 3.88. The van der Waals surface area contributed by atoms with Crippen LogP contribution in [0.3, 0.4) is 0 Å². The van der Waals surface area contributed by atoms with E-state index < -0.39 is 10.0 Å². The SMILES string of the molecule is Cc1csc(NS(=O)(=O)c2ccn[nH]2)n1. The number of sulfonamides is 1. The lowest BCUT2D eigenvalue weighted by atomic mass is 10.6. The van der Waals surface area contributed by atoms with Crippen molar-refractivity contribution in [3.8, 4) is 0 Å². The normalized spacial score (nSPS) is 11.5. The Morgan fingerprint density at radius 3 is 2.87 bits per heavy atom. The van der Waals surface area contributed by atoms with E-state index in [1.165, 1.54) is 23.6 Å². The molecule has 0 aliphatic heterocycles. The number of hydrogen-bond donors (Lipinski definition) is 2. The molecule has 2 aromatic heterocycles. The molecule has 0 unspecified atom stereocenters. The summed E-state index contributed by atoms with van der Waals surface area (Å²) >= 11 is 1.24. The zero-order valence-corrected chi connectivity index (χ0v) is 9.39. The highest BCUT2D eigenvalue weighted by molar-refractivity contribution is 7.92. The summed E-state index contributed by atoms with van der Waals surface area (Å²) in [6, 6.07) is 1.38. The second-order valence-electron chi connectivity index (χ2n) is 2.82. The molecule has 0 aliphatic carbocycles. The maximum absolute atomic E-state index is 11.7. The average Bonchev–Trinajstić information content (AvgIpc) is 2.75. The van der Waals surface area contributed by atoms with Crippen LogP contribution < -0.4 is 4.72 Å². The molecule has 0 saturated heterocycles. The molecule has 0 aromatic carbocycles. The Morgan fingerprint density at radius 1 is 1.53 bits per heavy atom. The third-order valence-electron chi connectivity index (χ3n) is 1.61. The summed E-state index contributed by atoms with van der Waals surface area (Å²) in [6.07, 6.45) is 1.38. The van der Waals surface area contributed by atoms with Crippen molar-refractivity contribution in [1.82, 2.24) is 15.2 Å². The molecule has 0 radical (unpaired) electrons. The van der Waals surface area contributed by atoms with Gasteiger partial charge in [-0.15, -0.1) is 11.3 Å². The van der Waals surface area contributed by atoms with Gasteiger partial charge in [-0.1, -0.05) is 0 Å². The molecule has 15 heavy (non-hydrogen) atoms. The van der Waals surface area contributed by atoms with E-state index in [-0.39, 0.29) is 5.03 Å². The van der Waals surface area contributed by atoms with Crippen molar-refractivity contribution in [2.45, 2.75) is 11.9 Å². The highest BCUT2D eigenvalue weighted by Gasteiger charge is 2.16. The number of thiazole rings is 1. The fraction of sp³-hybridized carbons (Fsp3) is 0.143. The Balaban J connectivity index is 2.26. The number of rotatable bonds is 3. The molecule has 0 saturated carbocycles. The zero-order chi connectivity index (χ0) is 10.9. The van der Waals surface area contributed by atoms with Crippen molar-refractivity contribution in [2.75, 3.05) is 4.72 Å². The first kappa shape index (κ1) is 10.1. The maximum atomic E-state index is 11.7. The van der Waals surface area contributed by atoms with Gasteiger partial charge in [0.1, 0.15) is 0 Å². The summed E-state index contributed by atoms with van der Waals surface area (Å²) in [4.78, 5) is 4.00. The van der Waals surface area contributed by atoms with Gasteiger partial charge in [-0.2, -0.15) is 13.5 Å². The van der Waals surface area contributed by atoms with Crippen LogP contribution in [0.1, 0.15) is 5.69 Å². The lowest BCUT2D eigenvalue weighted by Gasteiger charge is -2.00. The molecule has 0 amide bonds. The first-order valence-corrected chi connectivity index (χ1v) is 6.38. The van der Waals surface area contributed by atoms with Crippen molar-refractivity contribution >= 4 is 26.5 Å². The van der Waals surface area contributed by atoms with Gasteiger partial charge in [0.15, 0.2) is 10.2 Å². The quantitative estimate of drug-likeness (QED) is 0.842. The van der Waals surface area contributed by atoms with Gasteiger partial charge in [0.2, 0.25) is 0 Å². The number of hydrogen-bond acceptors (Lipinski definition) is 5. The molecule has 0 spiro atoms. The van der Waals surface area contributed by atoms with Gasteiger partial charge >= 0.3 is 0 Å². The van der Waals surface area contributed by atoms with Gasteiger partial charge in [-0.3, -0.25) is 9.82 Å². The smallest absolute Gasteiger partial charge is 0.266 e. The highest BCUT2D eigenvalue weighted by Crippen LogP contribution is 2.18. The van der Waals surface area contributed by atoms with Gasteiger partial charge in [0, 0.05) is 5.38 Å². The number of anilines is 1. The monoisotopic (exact) mass is 244 g/mol. The zero-order valence-electron chi connectivity index (χ0n) is 7.76. The number of aryl methyl sites for hydroxylation is 1. The second-order valence-corrected chi connectivity index (χ2v) is 5.33. The molecule has 2 heterocycles. The van der Waals surface area contributed by atoms with Crippen molar-refractivity contribution in [1.29, 1.82) is 0 Å². The summed E-state index contributed by atoms with van der Waals surface area (Å²) in [5.74, 6) is 0. The Bertz CT molecular complexity index is 543. The van der Waals surface area contributed by atoms with E-state index in [0.717, 1.165) is 5.69 Å². The molecule has 0 aliphatic rings. The molecule has 80 valence electrons. The van der Waals surface area contributed by atoms with Gasteiger partial charge in [-0.05, 0) is 13.0 Å². The lowest BCUT2D eigenvalue weighted by Crippen LogP contribution is -2.13. The van der Waals surface area contributed by atoms with Crippen molar-refractivity contribution < 1.29 is 8.42 Å². The van der Waals surface area contributed by atoms with Crippen LogP contribution in [0, 0.1) is 6.92 Å². The van der Waals surface area contributed by atoms with Crippen LogP contribution in [0.5, 0.6) is 0 Å². The van der Waals surface area contributed by atoms with Crippen LogP contribution in [0.25, 0.3) is 0 Å². The second kappa shape index (κ2) is 3.63. The first-order valence-electron chi connectivity index (χ1n) is 4.02. The summed E-state index contributed by atoms with van der Waals surface area (Å²) in [7, 11) is -3.58. The van der Waals surface area contributed by atoms with E-state index in [2.05, 4.69) is 19.9 Å². The molecule has 8 heteroatoms. The van der Waals surface area contributed by atoms with E-state index in [4.69, 9.17) is 0 Å². The Kier molecular flexibility index (Phi) is 2.45. The number of H-pyrrole nitrogens is 1. The van der Waals surface area contributed by atoms with Crippen LogP contribution in [0.2, 0.25) is 0 Å². The topological polar surface area (TPSA) is 87.7 Å². The molecule has 2 rings (SSSR count). The Morgan fingerprint density at radius 2 is 2.33 bits per heavy atom. The van der Waals surface area contributed by atoms with Crippen LogP contribution in [-0.4, -0.2) is 23.6 Å². The Hall–Kier alpha value is -1.41. The van der Waals surface area contributed by atoms with Gasteiger partial charge in [-0.25, -0.2) is 4.98 Å². The van der Waals surface area contributed by atoms with Crippen LogP contribution in [0.4, 0.5) is 5.13 Å². The van der Waals surface area contributed by atoms with Crippen molar-refractivity contribution in [3.05, 3.63) is 23.3 Å². The molecule has 6 nitrogen and oxygen atoms in total. The van der Waals surface area contributed by atoms with Gasteiger partial charge in [0.05, 0.1) is 11.9 Å². The lowest BCUT2D eigenvalue weighted by molar-refractivity contribution is 0.597. The molecule has 0 atom stereocenters. The van der Waals surface area contributed by atoms with E-state index in [1.54, 1.807) is 12.3 Å². The third kappa shape index (κ3) is 2.16. The predicted molar refractivity (Wildman–Crippen MR) is 56.2 cm³/mol. The molecule has 2 aromatic rings. The van der Waals surface area contributed by atoms with Gasteiger partial charge in [0.25, 0.3) is 10.0 Å². The fourth-order valence-electron chi connectivity index (χ4n) is 0.964. The molecular formula is C7H8N4O2S2. The summed E-state index contributed by atoms with van der Waals surface area (Å²) in [5.41, 5.74) is 0.780. The maximum Gasteiger partial charge on any atom is 0.280 e. The van der Waals surface area contributed by atoms with Crippen molar-refractivity contribution in [2.24, 2.45) is 0 Å². The predicted octanol–water partition coefficient (Wildman–Crippen LogP) is 0.975. The molecule has 0 fully saturated rings. The molecule has 0 bridgehead atoms. The summed E-state index contributed by atoms with van der Waals surface area (Å²) in [6.45, 7) is 1.80. The minimum absolute atomic E-state index is 0.0235. The van der Waals surface area contributed by atoms with Crippen molar-refractivity contribution in [3.63, 3.8) is 0 Å². The van der Waals surface area contributed by atoms with Crippen LogP contribution >= 0.6 is 11.3 Å². The minimum atomic E-state index is -3.58. The van der Waals surface area contributed by atoms with E-state index >= 15 is 0 Å². The summed E-state index contributed by atoms with van der Waals surface area (Å²) in [5, 5.41) is 8.10. The average molecular weight is 244 g/mol. The first-order chi connectivity index (χ1) is 7.08. The van der Waals surface area contributed by atoms with Gasteiger partial charge < -0.3 is 0 Å². The number of nitrogens with zero attached hydrogens (tertiary/aromatic N) is 2. The number of aromatic nitrogens is 3. The van der Waals surface area contributed by atoms with E-state index in [1.807, 2.05) is 0 Å². The number of nitrogens with one attached hydrogen (secondary N) is 2. The molecular weight excluding hydrogens is 236 g/mol. The minimum Gasteiger partial charge on any atom is -0.266 e. The largest absolute Gasteiger partial charge is 0.280 e. The van der Waals surface area contributed by atoms with Crippen LogP contribution in [0.15, 0.2) is 22.7 Å². The van der Waals surface area contributed by atoms with E-state index in [9.17, 15) is 8.42 Å². The summed E-state index contributed by atoms with van der Waals surface area (Å²) < 4.78 is 25.7. The number of aromatic amines is 1.